The Balaban J connectivity index is 2.56. The van der Waals surface area contributed by atoms with E-state index in [0.717, 1.165) is 6.42 Å². The molecule has 0 aromatic heterocycles. The monoisotopic (exact) mass is 285 g/mol. The predicted octanol–water partition coefficient (Wildman–Crippen LogP) is 4.31. The molecule has 0 saturated carbocycles. The molecule has 1 nitrogen and oxygen atoms in total. The Morgan fingerprint density at radius 1 is 1.21 bits per heavy atom. The van der Waals surface area contributed by atoms with E-state index in [1.165, 1.54) is 54.9 Å². The first-order valence-corrected chi connectivity index (χ1v) is 9.71. The van der Waals surface area contributed by atoms with Crippen molar-refractivity contribution >= 4 is 10.9 Å². The second kappa shape index (κ2) is 8.36. The second-order valence-corrected chi connectivity index (χ2v) is 9.14. The van der Waals surface area contributed by atoms with Crippen molar-refractivity contribution in [2.24, 2.45) is 5.41 Å². The molecule has 112 valence electrons. The number of hydrogen-bond donors (Lipinski definition) is 1. The lowest BCUT2D eigenvalue weighted by Gasteiger charge is -2.32. The lowest BCUT2D eigenvalue weighted by atomic mass is 9.76. The van der Waals surface area contributed by atoms with E-state index in [9.17, 15) is 5.11 Å². The van der Waals surface area contributed by atoms with Crippen molar-refractivity contribution in [2.75, 3.05) is 17.3 Å². The van der Waals surface area contributed by atoms with Gasteiger partial charge in [0, 0.05) is 0 Å². The highest BCUT2D eigenvalue weighted by Crippen LogP contribution is 2.36. The molecule has 1 atom stereocenters. The van der Waals surface area contributed by atoms with Crippen LogP contribution in [0, 0.1) is 5.41 Å². The molecule has 19 heavy (non-hydrogen) atoms. The molecule has 0 radical (unpaired) electrons. The molecule has 0 spiro atoms. The van der Waals surface area contributed by atoms with E-state index >= 15 is 0 Å². The maximum atomic E-state index is 10.0. The summed E-state index contributed by atoms with van der Waals surface area (Å²) in [5, 5.41) is 10.0. The number of unbranched alkanes of at least 4 members (excludes halogenated alkanes) is 2. The summed E-state index contributed by atoms with van der Waals surface area (Å²) in [4.78, 5) is 0. The lowest BCUT2D eigenvalue weighted by molar-refractivity contribution is 0.139. The third-order valence-electron chi connectivity index (χ3n) is 3.86. The Bertz CT molecular complexity index is 275. The summed E-state index contributed by atoms with van der Waals surface area (Å²) in [6.45, 7) is 9.15. The molecule has 0 fully saturated rings. The van der Waals surface area contributed by atoms with Gasteiger partial charge in [-0.05, 0) is 47.6 Å². The average molecular weight is 286 g/mol. The van der Waals surface area contributed by atoms with Gasteiger partial charge >= 0.3 is 0 Å². The molecule has 0 bridgehead atoms. The molecule has 1 N–H and O–H groups in total. The Morgan fingerprint density at radius 2 is 1.79 bits per heavy atom. The minimum atomic E-state index is -0.207. The quantitative estimate of drug-likeness (QED) is 0.520. The highest BCUT2D eigenvalue weighted by Gasteiger charge is 2.30. The molecule has 2 heteroatoms. The standard InChI is InChI=1S/C17H33OS/c1-5-7-9-19(10-8-6-2)14-15-11-16(18)13-17(3,4)12-15/h11,16,18H,5-10,12-14H2,1-4H3/q+1. The predicted molar refractivity (Wildman–Crippen MR) is 88.9 cm³/mol. The number of hydrogen-bond acceptors (Lipinski definition) is 1. The summed E-state index contributed by atoms with van der Waals surface area (Å²) in [5.74, 6) is 4.04. The van der Waals surface area contributed by atoms with Crippen LogP contribution in [-0.2, 0) is 10.9 Å². The van der Waals surface area contributed by atoms with E-state index in [1.807, 2.05) is 0 Å². The number of aliphatic hydroxyl groups is 1. The summed E-state index contributed by atoms with van der Waals surface area (Å²) >= 11 is 0. The highest BCUT2D eigenvalue weighted by atomic mass is 32.2. The summed E-state index contributed by atoms with van der Waals surface area (Å²) < 4.78 is 0. The van der Waals surface area contributed by atoms with Gasteiger partial charge in [0.2, 0.25) is 0 Å². The number of aliphatic hydroxyl groups excluding tert-OH is 1. The van der Waals surface area contributed by atoms with Crippen molar-refractivity contribution in [1.82, 2.24) is 0 Å². The Labute approximate surface area is 123 Å². The van der Waals surface area contributed by atoms with E-state index < -0.39 is 0 Å². The maximum Gasteiger partial charge on any atom is 0.129 e. The molecular weight excluding hydrogens is 252 g/mol. The Morgan fingerprint density at radius 3 is 2.26 bits per heavy atom. The van der Waals surface area contributed by atoms with Gasteiger partial charge in [0.25, 0.3) is 0 Å². The highest BCUT2D eigenvalue weighted by molar-refractivity contribution is 7.97. The fraction of sp³-hybridized carbons (Fsp3) is 0.882. The van der Waals surface area contributed by atoms with Gasteiger partial charge in [0.15, 0.2) is 0 Å². The van der Waals surface area contributed by atoms with Gasteiger partial charge in [-0.1, -0.05) is 46.6 Å². The van der Waals surface area contributed by atoms with Gasteiger partial charge in [-0.25, -0.2) is 0 Å². The van der Waals surface area contributed by atoms with Crippen molar-refractivity contribution in [3.8, 4) is 0 Å². The Hall–Kier alpha value is 0.0500. The van der Waals surface area contributed by atoms with E-state index in [1.54, 1.807) is 0 Å². The van der Waals surface area contributed by atoms with Crippen LogP contribution in [0.4, 0.5) is 0 Å². The van der Waals surface area contributed by atoms with E-state index in [0.29, 0.717) is 10.9 Å². The molecule has 0 aliphatic heterocycles. The maximum absolute atomic E-state index is 10.0. The molecule has 0 aromatic rings. The lowest BCUT2D eigenvalue weighted by Crippen LogP contribution is -2.28. The summed E-state index contributed by atoms with van der Waals surface area (Å²) in [5.41, 5.74) is 1.81. The van der Waals surface area contributed by atoms with Crippen LogP contribution < -0.4 is 0 Å². The van der Waals surface area contributed by atoms with Crippen molar-refractivity contribution < 1.29 is 5.11 Å². The first-order chi connectivity index (χ1) is 8.96. The summed E-state index contributed by atoms with van der Waals surface area (Å²) in [7, 11) is 0.551. The molecular formula is C17H33OS+. The normalized spacial score (nSPS) is 22.6. The molecule has 1 rings (SSSR count). The largest absolute Gasteiger partial charge is 0.389 e. The fourth-order valence-corrected chi connectivity index (χ4v) is 5.56. The average Bonchev–Trinajstić information content (AvgIpc) is 2.30. The van der Waals surface area contributed by atoms with E-state index in [4.69, 9.17) is 0 Å². The van der Waals surface area contributed by atoms with Crippen LogP contribution in [0.2, 0.25) is 0 Å². The Kier molecular flexibility index (Phi) is 7.53. The topological polar surface area (TPSA) is 20.2 Å². The van der Waals surface area contributed by atoms with Crippen LogP contribution >= 0.6 is 0 Å². The van der Waals surface area contributed by atoms with Gasteiger partial charge in [0.05, 0.1) is 6.10 Å². The first kappa shape index (κ1) is 17.1. The molecule has 1 unspecified atom stereocenters. The van der Waals surface area contributed by atoms with E-state index in [2.05, 4.69) is 33.8 Å². The van der Waals surface area contributed by atoms with E-state index in [-0.39, 0.29) is 11.5 Å². The van der Waals surface area contributed by atoms with Crippen LogP contribution in [0.25, 0.3) is 0 Å². The van der Waals surface area contributed by atoms with Gasteiger partial charge in [0.1, 0.15) is 17.3 Å². The van der Waals surface area contributed by atoms with Crippen molar-refractivity contribution in [1.29, 1.82) is 0 Å². The van der Waals surface area contributed by atoms with Crippen LogP contribution in [0.15, 0.2) is 11.6 Å². The SMILES string of the molecule is CCCC[S+](CCCC)CC1=CC(O)CC(C)(C)C1. The van der Waals surface area contributed by atoms with Crippen molar-refractivity contribution in [3.63, 3.8) is 0 Å². The third kappa shape index (κ3) is 6.85. The van der Waals surface area contributed by atoms with Gasteiger partial charge in [-0.15, -0.1) is 0 Å². The van der Waals surface area contributed by atoms with Crippen LogP contribution in [-0.4, -0.2) is 28.5 Å². The third-order valence-corrected chi connectivity index (χ3v) is 6.37. The zero-order chi connectivity index (χ0) is 14.3. The van der Waals surface area contributed by atoms with Crippen LogP contribution in [0.5, 0.6) is 0 Å². The van der Waals surface area contributed by atoms with Gasteiger partial charge in [-0.3, -0.25) is 0 Å². The number of rotatable bonds is 8. The second-order valence-electron chi connectivity index (χ2n) is 6.81. The van der Waals surface area contributed by atoms with Crippen LogP contribution in [0.1, 0.15) is 66.2 Å². The van der Waals surface area contributed by atoms with Crippen molar-refractivity contribution in [3.05, 3.63) is 11.6 Å². The van der Waals surface area contributed by atoms with Gasteiger partial charge in [-0.2, -0.15) is 0 Å². The minimum Gasteiger partial charge on any atom is -0.389 e. The minimum absolute atomic E-state index is 0.207. The fourth-order valence-electron chi connectivity index (χ4n) is 2.95. The van der Waals surface area contributed by atoms with Gasteiger partial charge < -0.3 is 5.11 Å². The molecule has 1 aliphatic carbocycles. The molecule has 0 saturated heterocycles. The molecule has 1 aliphatic rings. The zero-order valence-electron chi connectivity index (χ0n) is 13.4. The summed E-state index contributed by atoms with van der Waals surface area (Å²) in [6.07, 6.45) is 9.41. The molecule has 0 heterocycles. The zero-order valence-corrected chi connectivity index (χ0v) is 14.2. The smallest absolute Gasteiger partial charge is 0.129 e. The van der Waals surface area contributed by atoms with Crippen molar-refractivity contribution in [2.45, 2.75) is 72.3 Å². The first-order valence-electron chi connectivity index (χ1n) is 7.98. The molecule has 0 amide bonds. The molecule has 0 aromatic carbocycles. The van der Waals surface area contributed by atoms with Crippen LogP contribution in [0.3, 0.4) is 0 Å². The summed E-state index contributed by atoms with van der Waals surface area (Å²) in [6, 6.07) is 0.